The maximum Gasteiger partial charge on any atom is 0.412 e. The van der Waals surface area contributed by atoms with Crippen molar-refractivity contribution in [2.45, 2.75) is 148 Å². The van der Waals surface area contributed by atoms with E-state index >= 15 is 0 Å². The van der Waals surface area contributed by atoms with E-state index in [9.17, 15) is 19.8 Å². The molecule has 0 bridgehead atoms. The van der Waals surface area contributed by atoms with Crippen LogP contribution < -0.4 is 14.8 Å². The topological polar surface area (TPSA) is 148 Å². The van der Waals surface area contributed by atoms with Crippen LogP contribution in [0, 0.1) is 17.8 Å². The summed E-state index contributed by atoms with van der Waals surface area (Å²) in [5, 5.41) is 27.0. The number of hydrogen-bond acceptors (Lipinski definition) is 10. The fourth-order valence-corrected chi connectivity index (χ4v) is 9.20. The van der Waals surface area contributed by atoms with Crippen LogP contribution in [0.4, 0.5) is 9.59 Å². The Balaban J connectivity index is 1.74. The zero-order valence-electron chi connectivity index (χ0n) is 35.9. The monoisotopic (exact) mass is 812 g/mol. The molecule has 1 aliphatic heterocycles. The second kappa shape index (κ2) is 25.1. The second-order valence-corrected chi connectivity index (χ2v) is 16.0. The van der Waals surface area contributed by atoms with E-state index in [1.54, 1.807) is 24.1 Å². The highest BCUT2D eigenvalue weighted by Crippen LogP contribution is 2.61. The molecular weight excluding hydrogens is 739 g/mol. The van der Waals surface area contributed by atoms with Gasteiger partial charge in [-0.2, -0.15) is 0 Å². The molecule has 1 fully saturated rings. The van der Waals surface area contributed by atoms with E-state index in [2.05, 4.69) is 24.9 Å². The fourth-order valence-electron chi connectivity index (χ4n) is 9.20. The number of oxime groups is 1. The lowest BCUT2D eigenvalue weighted by molar-refractivity contribution is -0.253. The molecule has 2 aliphatic carbocycles. The predicted molar refractivity (Wildman–Crippen MR) is 227 cm³/mol. The molecule has 0 spiro atoms. The van der Waals surface area contributed by atoms with E-state index < -0.39 is 29.9 Å². The number of nitrogens with one attached hydrogen (secondary N) is 1. The van der Waals surface area contributed by atoms with Gasteiger partial charge in [0.25, 0.3) is 0 Å². The Labute approximate surface area is 347 Å². The van der Waals surface area contributed by atoms with Crippen LogP contribution in [0.2, 0.25) is 0 Å². The lowest BCUT2D eigenvalue weighted by Crippen LogP contribution is -2.69. The molecule has 4 rings (SSSR count). The van der Waals surface area contributed by atoms with Crippen molar-refractivity contribution in [3.05, 3.63) is 48.1 Å². The van der Waals surface area contributed by atoms with Gasteiger partial charge < -0.3 is 44.2 Å². The molecule has 0 aromatic heterocycles. The quantitative estimate of drug-likeness (QED) is 0.0449. The third-order valence-corrected chi connectivity index (χ3v) is 12.0. The number of aliphatic hydroxyl groups excluding tert-OH is 2. The molecule has 12 nitrogen and oxygen atoms in total. The number of allylic oxidation sites excluding steroid dienone is 1. The summed E-state index contributed by atoms with van der Waals surface area (Å²) in [7, 11) is 1.74. The van der Waals surface area contributed by atoms with Gasteiger partial charge in [-0.05, 0) is 81.6 Å². The van der Waals surface area contributed by atoms with Crippen molar-refractivity contribution >= 4 is 17.9 Å². The van der Waals surface area contributed by atoms with E-state index in [1.807, 2.05) is 26.0 Å². The van der Waals surface area contributed by atoms with Crippen molar-refractivity contribution in [3.8, 4) is 11.5 Å². The zero-order valence-corrected chi connectivity index (χ0v) is 35.9. The molecule has 1 aromatic rings. The largest absolute Gasteiger partial charge is 0.459 e. The number of aliphatic hydroxyl groups is 2. The van der Waals surface area contributed by atoms with Crippen molar-refractivity contribution in [2.24, 2.45) is 22.9 Å². The molecule has 2 amide bonds. The number of unbranched alkanes of at least 4 members (excludes halogenated alkanes) is 11. The summed E-state index contributed by atoms with van der Waals surface area (Å²) in [6.07, 6.45) is 19.8. The maximum atomic E-state index is 14.0. The molecule has 12 heteroatoms. The Morgan fingerprint density at radius 2 is 1.66 bits per heavy atom. The lowest BCUT2D eigenvalue weighted by atomic mass is 9.55. The average molecular weight is 812 g/mol. The number of likely N-dealkylation sites (N-methyl/N-ethyl adjacent to an activating group) is 1. The highest BCUT2D eigenvalue weighted by molar-refractivity contribution is 6.02. The van der Waals surface area contributed by atoms with Crippen LogP contribution in [0.15, 0.2) is 47.7 Å². The van der Waals surface area contributed by atoms with Gasteiger partial charge in [-0.1, -0.05) is 94.9 Å². The number of fused-ring (bicyclic) bond motifs is 2. The van der Waals surface area contributed by atoms with Crippen molar-refractivity contribution in [1.29, 1.82) is 0 Å². The Bertz CT molecular complexity index is 1480. The fraction of sp³-hybridized carbons (Fsp3) is 0.717. The first-order valence-electron chi connectivity index (χ1n) is 22.4. The number of nitrogens with zero attached hydrogens (tertiary/aromatic N) is 2. The first kappa shape index (κ1) is 47.1. The van der Waals surface area contributed by atoms with Gasteiger partial charge in [0, 0.05) is 44.7 Å². The Morgan fingerprint density at radius 3 is 2.31 bits per heavy atom. The molecule has 0 saturated heterocycles. The molecule has 6 atom stereocenters. The van der Waals surface area contributed by atoms with Crippen LogP contribution in [-0.2, 0) is 14.3 Å². The van der Waals surface area contributed by atoms with Crippen LogP contribution in [0.5, 0.6) is 11.5 Å². The number of rotatable bonds is 27. The maximum absolute atomic E-state index is 14.0. The number of carbonyl (C=O) groups is 2. The van der Waals surface area contributed by atoms with Crippen molar-refractivity contribution < 1.29 is 43.6 Å². The van der Waals surface area contributed by atoms with E-state index in [0.717, 1.165) is 61.8 Å². The Hall–Kier alpha value is -3.61. The molecule has 1 heterocycles. The molecule has 0 radical (unpaired) electrons. The molecule has 6 unspecified atom stereocenters. The summed E-state index contributed by atoms with van der Waals surface area (Å²) in [6.45, 7) is 11.4. The summed E-state index contributed by atoms with van der Waals surface area (Å²) in [5.41, 5.74) is 2.54. The van der Waals surface area contributed by atoms with Crippen molar-refractivity contribution in [2.75, 3.05) is 46.6 Å². The van der Waals surface area contributed by atoms with Gasteiger partial charge in [0.2, 0.25) is 5.79 Å². The van der Waals surface area contributed by atoms with Crippen LogP contribution in [0.25, 0.3) is 0 Å². The summed E-state index contributed by atoms with van der Waals surface area (Å²) in [5.74, 6) is -0.950. The van der Waals surface area contributed by atoms with Crippen LogP contribution in [-0.4, -0.2) is 91.5 Å². The molecule has 326 valence electrons. The van der Waals surface area contributed by atoms with Gasteiger partial charge >= 0.3 is 12.2 Å². The van der Waals surface area contributed by atoms with Gasteiger partial charge in [0.05, 0.1) is 24.8 Å². The Morgan fingerprint density at radius 1 is 0.966 bits per heavy atom. The van der Waals surface area contributed by atoms with E-state index in [1.165, 1.54) is 44.9 Å². The van der Waals surface area contributed by atoms with Gasteiger partial charge in [0.15, 0.2) is 0 Å². The molecule has 3 N–H and O–H groups in total. The smallest absolute Gasteiger partial charge is 0.412 e. The Kier molecular flexibility index (Phi) is 20.4. The zero-order chi connectivity index (χ0) is 41.8. The van der Waals surface area contributed by atoms with E-state index in [0.29, 0.717) is 50.5 Å². The van der Waals surface area contributed by atoms with Crippen molar-refractivity contribution in [3.63, 3.8) is 0 Å². The number of hydrogen-bond donors (Lipinski definition) is 3. The van der Waals surface area contributed by atoms with Crippen LogP contribution >= 0.6 is 0 Å². The number of ether oxygens (including phenoxy) is 4. The van der Waals surface area contributed by atoms with Crippen LogP contribution in [0.3, 0.4) is 0 Å². The third kappa shape index (κ3) is 12.5. The summed E-state index contributed by atoms with van der Waals surface area (Å²) >= 11 is 0. The predicted octanol–water partition coefficient (Wildman–Crippen LogP) is 9.44. The minimum absolute atomic E-state index is 0.0498. The number of carbonyl (C=O) groups excluding carboxylic acids is 2. The highest BCUT2D eigenvalue weighted by Gasteiger charge is 2.65. The first-order chi connectivity index (χ1) is 28.3. The lowest BCUT2D eigenvalue weighted by Gasteiger charge is -2.59. The molecule has 58 heavy (non-hydrogen) atoms. The van der Waals surface area contributed by atoms with E-state index in [4.69, 9.17) is 28.9 Å². The second-order valence-electron chi connectivity index (χ2n) is 16.0. The molecule has 1 saturated carbocycles. The number of benzene rings is 1. The third-order valence-electron chi connectivity index (χ3n) is 12.0. The molecular formula is C46H73N3O9. The van der Waals surface area contributed by atoms with Gasteiger partial charge in [0.1, 0.15) is 24.1 Å². The highest BCUT2D eigenvalue weighted by atomic mass is 16.7. The number of amides is 2. The van der Waals surface area contributed by atoms with Gasteiger partial charge in [-0.3, -0.25) is 0 Å². The van der Waals surface area contributed by atoms with Crippen molar-refractivity contribution in [1.82, 2.24) is 10.2 Å². The minimum Gasteiger partial charge on any atom is -0.459 e. The molecule has 1 aromatic carbocycles. The summed E-state index contributed by atoms with van der Waals surface area (Å²) in [4.78, 5) is 34.0. The average Bonchev–Trinajstić information content (AvgIpc) is 3.22. The van der Waals surface area contributed by atoms with Gasteiger partial charge in [-0.25, -0.2) is 9.59 Å². The first-order valence-corrected chi connectivity index (χ1v) is 22.4. The summed E-state index contributed by atoms with van der Waals surface area (Å²) in [6, 6.07) is 4.78. The SMILES string of the molecule is C=CCOC12Oc3ccc(OC(=O)NCC)cc3C3C(CCCCO)C(CCCCO)C=C(C(=NOCC)CC1N(C)C(=O)OCCCCCCCCCCCC)C32. The minimum atomic E-state index is -1.37. The van der Waals surface area contributed by atoms with E-state index in [-0.39, 0.29) is 37.6 Å². The van der Waals surface area contributed by atoms with Gasteiger partial charge in [-0.15, -0.1) is 6.58 Å². The normalized spacial score (nSPS) is 23.9. The molecule has 3 aliphatic rings. The van der Waals surface area contributed by atoms with Crippen LogP contribution in [0.1, 0.15) is 141 Å². The standard InChI is InChI=1S/C46H73N3O9/c1-6-10-11-12-13-14-15-16-17-22-30-54-45(53)49(5)41-33-39(48-56-9-4)37-31-34(23-18-20-27-50)36(24-19-21-28-51)42-38-32-35(57-44(52)47-8-3)25-26-40(38)58-46(41,43(37)42)55-29-7-2/h7,25-26,31-32,34,36,41-43,50-51H,2,6,8-24,27-30,33H2,1,3-5H3,(H,47,52). The summed E-state index contributed by atoms with van der Waals surface area (Å²) < 4.78 is 25.7.